The Hall–Kier alpha value is -2.25. The van der Waals surface area contributed by atoms with Crippen molar-refractivity contribution in [2.24, 2.45) is 0 Å². The largest absolute Gasteiger partial charge is 0.325 e. The Labute approximate surface area is 153 Å². The first-order valence-electron chi connectivity index (χ1n) is 6.68. The molecule has 0 atom stereocenters. The molecule has 0 aliphatic carbocycles. The first-order valence-corrected chi connectivity index (χ1v) is 7.59. The molecule has 0 aromatic heterocycles. The van der Waals surface area contributed by atoms with Crippen molar-refractivity contribution in [2.45, 2.75) is 6.92 Å². The van der Waals surface area contributed by atoms with E-state index < -0.39 is 35.0 Å². The van der Waals surface area contributed by atoms with Gasteiger partial charge in [-0.1, -0.05) is 36.4 Å². The Bertz CT molecular complexity index is 672. The molecule has 0 heterocycles. The summed E-state index contributed by atoms with van der Waals surface area (Å²) in [6.45, 7) is 4.60. The number of nitrogens with one attached hydrogen (secondary N) is 2. The molecule has 0 saturated heterocycles. The van der Waals surface area contributed by atoms with E-state index in [1.807, 2.05) is 0 Å². The summed E-state index contributed by atoms with van der Waals surface area (Å²) in [6, 6.07) is 2.04. The third-order valence-electron chi connectivity index (χ3n) is 2.35. The van der Waals surface area contributed by atoms with Crippen LogP contribution >= 0.6 is 23.2 Å². The van der Waals surface area contributed by atoms with Gasteiger partial charge in [0.25, 0.3) is 5.91 Å². The highest BCUT2D eigenvalue weighted by atomic mass is 35.5. The van der Waals surface area contributed by atoms with E-state index in [1.54, 1.807) is 12.2 Å². The molecule has 9 heteroatoms. The zero-order valence-electron chi connectivity index (χ0n) is 13.1. The van der Waals surface area contributed by atoms with Gasteiger partial charge < -0.3 is 5.32 Å². The van der Waals surface area contributed by atoms with E-state index >= 15 is 0 Å². The summed E-state index contributed by atoms with van der Waals surface area (Å²) in [5, 5.41) is 4.00. The lowest BCUT2D eigenvalue weighted by Crippen LogP contribution is -2.37. The van der Waals surface area contributed by atoms with Crippen LogP contribution in [-0.2, 0) is 0 Å². The topological polar surface area (TPSA) is 58.2 Å². The highest BCUT2D eigenvalue weighted by Crippen LogP contribution is 2.12. The van der Waals surface area contributed by atoms with Gasteiger partial charge in [0.2, 0.25) is 0 Å². The third kappa shape index (κ3) is 8.97. The van der Waals surface area contributed by atoms with E-state index in [0.29, 0.717) is 0 Å². The summed E-state index contributed by atoms with van der Waals surface area (Å²) in [5.41, 5.74) is -0.811. The second-order valence-corrected chi connectivity index (χ2v) is 4.84. The van der Waals surface area contributed by atoms with Crippen LogP contribution in [0, 0.1) is 11.6 Å². The molecule has 0 fully saturated rings. The third-order valence-corrected chi connectivity index (χ3v) is 2.95. The van der Waals surface area contributed by atoms with Gasteiger partial charge in [0, 0.05) is 12.1 Å². The predicted octanol–water partition coefficient (Wildman–Crippen LogP) is 4.77. The van der Waals surface area contributed by atoms with Gasteiger partial charge in [-0.25, -0.2) is 18.0 Å². The quantitative estimate of drug-likeness (QED) is 0.570. The molecule has 4 nitrogen and oxygen atoms in total. The molecule has 0 bridgehead atoms. The molecule has 0 aliphatic rings. The van der Waals surface area contributed by atoms with Gasteiger partial charge in [0.05, 0.1) is 5.03 Å². The molecule has 0 radical (unpaired) electrons. The Kier molecular flexibility index (Phi) is 11.1. The van der Waals surface area contributed by atoms with Gasteiger partial charge in [0.1, 0.15) is 23.0 Å². The molecule has 25 heavy (non-hydrogen) atoms. The van der Waals surface area contributed by atoms with E-state index in [-0.39, 0.29) is 10.9 Å². The summed E-state index contributed by atoms with van der Waals surface area (Å²) in [5.74, 6) is -3.66. The number of hydrogen-bond donors (Lipinski definition) is 2. The number of alkyl halides is 1. The fourth-order valence-corrected chi connectivity index (χ4v) is 1.34. The fourth-order valence-electron chi connectivity index (χ4n) is 1.25. The lowest BCUT2D eigenvalue weighted by Gasteiger charge is -2.05. The van der Waals surface area contributed by atoms with Crippen molar-refractivity contribution in [2.75, 3.05) is 5.88 Å². The molecule has 136 valence electrons. The molecule has 3 amide bonds. The number of imide groups is 1. The van der Waals surface area contributed by atoms with E-state index in [0.717, 1.165) is 18.2 Å². The van der Waals surface area contributed by atoms with Crippen LogP contribution in [0.5, 0.6) is 0 Å². The van der Waals surface area contributed by atoms with Gasteiger partial charge in [-0.05, 0) is 19.1 Å². The standard InChI is InChI=1S/C11H9ClF2N2O2.C5H6ClF/c12-5-2-6-15-11(18)16-10(17)9-7(13)3-1-4-8(9)14;1-3-5(6)4(2)7/h1-4,6H,5H2,(H2,15,16,17,18);3H,2H2,1H3/b6-2+;5-3+. The molecular formula is C16H15Cl2F3N2O2. The molecule has 1 aromatic rings. The Morgan fingerprint density at radius 3 is 2.24 bits per heavy atom. The molecular weight excluding hydrogens is 380 g/mol. The maximum Gasteiger partial charge on any atom is 0.325 e. The lowest BCUT2D eigenvalue weighted by molar-refractivity contribution is 0.0956. The van der Waals surface area contributed by atoms with Crippen molar-refractivity contribution in [3.05, 3.63) is 71.2 Å². The highest BCUT2D eigenvalue weighted by molar-refractivity contribution is 6.31. The second-order valence-electron chi connectivity index (χ2n) is 4.12. The molecule has 2 N–H and O–H groups in total. The van der Waals surface area contributed by atoms with Gasteiger partial charge >= 0.3 is 6.03 Å². The number of allylic oxidation sites excluding steroid dienone is 4. The van der Waals surface area contributed by atoms with Crippen LogP contribution in [0.15, 0.2) is 54.0 Å². The fraction of sp³-hybridized carbons (Fsp3) is 0.125. The molecule has 1 rings (SSSR count). The van der Waals surface area contributed by atoms with Crippen molar-refractivity contribution in [1.29, 1.82) is 0 Å². The minimum Gasteiger partial charge on any atom is -0.315 e. The second kappa shape index (κ2) is 12.2. The Morgan fingerprint density at radius 1 is 1.28 bits per heavy atom. The van der Waals surface area contributed by atoms with E-state index in [4.69, 9.17) is 23.2 Å². The number of rotatable bonds is 4. The zero-order chi connectivity index (χ0) is 19.4. The summed E-state index contributed by atoms with van der Waals surface area (Å²) < 4.78 is 38.1. The number of carbonyl (C=O) groups is 2. The smallest absolute Gasteiger partial charge is 0.315 e. The Balaban J connectivity index is 0.000000697. The van der Waals surface area contributed by atoms with Crippen molar-refractivity contribution in [3.63, 3.8) is 0 Å². The first kappa shape index (κ1) is 22.8. The van der Waals surface area contributed by atoms with Crippen LogP contribution in [0.4, 0.5) is 18.0 Å². The van der Waals surface area contributed by atoms with Gasteiger partial charge in [-0.2, -0.15) is 0 Å². The minimum atomic E-state index is -1.16. The summed E-state index contributed by atoms with van der Waals surface area (Å²) in [7, 11) is 0. The van der Waals surface area contributed by atoms with Crippen LogP contribution in [0.3, 0.4) is 0 Å². The van der Waals surface area contributed by atoms with Crippen LogP contribution in [-0.4, -0.2) is 17.8 Å². The molecule has 0 saturated carbocycles. The van der Waals surface area contributed by atoms with E-state index in [1.165, 1.54) is 18.4 Å². The SMILES string of the molecule is C=C(F)/C(Cl)=C\C.O=C(N/C=C/CCl)NC(=O)c1c(F)cccc1F. The molecule has 1 aromatic carbocycles. The normalized spacial score (nSPS) is 10.7. The number of carbonyl (C=O) groups excluding carboxylic acids is 2. The zero-order valence-corrected chi connectivity index (χ0v) is 14.6. The van der Waals surface area contributed by atoms with Crippen molar-refractivity contribution in [3.8, 4) is 0 Å². The number of amides is 3. The monoisotopic (exact) mass is 394 g/mol. The number of urea groups is 1. The minimum absolute atomic E-state index is 0.0833. The molecule has 0 unspecified atom stereocenters. The number of hydrogen-bond acceptors (Lipinski definition) is 2. The maximum absolute atomic E-state index is 13.2. The van der Waals surface area contributed by atoms with Crippen LogP contribution in [0.1, 0.15) is 17.3 Å². The first-order chi connectivity index (χ1) is 11.7. The number of benzene rings is 1. The van der Waals surface area contributed by atoms with E-state index in [2.05, 4.69) is 11.9 Å². The highest BCUT2D eigenvalue weighted by Gasteiger charge is 2.18. The van der Waals surface area contributed by atoms with Crippen LogP contribution in [0.2, 0.25) is 0 Å². The van der Waals surface area contributed by atoms with Gasteiger partial charge in [-0.3, -0.25) is 10.1 Å². The van der Waals surface area contributed by atoms with Gasteiger partial charge in [0.15, 0.2) is 0 Å². The van der Waals surface area contributed by atoms with Crippen LogP contribution in [0.25, 0.3) is 0 Å². The lowest BCUT2D eigenvalue weighted by atomic mass is 10.2. The number of halogens is 5. The average Bonchev–Trinajstić information content (AvgIpc) is 2.54. The maximum atomic E-state index is 13.2. The average molecular weight is 395 g/mol. The van der Waals surface area contributed by atoms with Gasteiger partial charge in [-0.15, -0.1) is 11.6 Å². The van der Waals surface area contributed by atoms with E-state index in [9.17, 15) is 22.8 Å². The van der Waals surface area contributed by atoms with Crippen molar-refractivity contribution in [1.82, 2.24) is 10.6 Å². The van der Waals surface area contributed by atoms with Crippen molar-refractivity contribution >= 4 is 35.1 Å². The van der Waals surface area contributed by atoms with Crippen molar-refractivity contribution < 1.29 is 22.8 Å². The molecule has 0 aliphatic heterocycles. The van der Waals surface area contributed by atoms with Crippen LogP contribution < -0.4 is 10.6 Å². The summed E-state index contributed by atoms with van der Waals surface area (Å²) in [6.07, 6.45) is 4.06. The Morgan fingerprint density at radius 2 is 1.84 bits per heavy atom. The molecule has 0 spiro atoms. The summed E-state index contributed by atoms with van der Waals surface area (Å²) in [4.78, 5) is 22.6. The predicted molar refractivity (Wildman–Crippen MR) is 92.1 cm³/mol. The summed E-state index contributed by atoms with van der Waals surface area (Å²) >= 11 is 10.5.